The number of rotatable bonds is 6. The minimum Gasteiger partial charge on any atom is -0.383 e. The maximum absolute atomic E-state index is 5.25. The molecule has 0 spiro atoms. The standard InChI is InChI=1S/C19H22N4OS/c1-24-10-9-23-8-6-21-19(23)17-13-22(14-18-20-7-11-25-18)12-15-4-2-3-5-16(15)17/h2-8,11,17H,9-10,12-14H2,1H3. The van der Waals surface area contributed by atoms with Crippen molar-refractivity contribution in [3.63, 3.8) is 0 Å². The summed E-state index contributed by atoms with van der Waals surface area (Å²) in [5, 5.41) is 3.21. The van der Waals surface area contributed by atoms with Crippen molar-refractivity contribution in [1.82, 2.24) is 19.4 Å². The van der Waals surface area contributed by atoms with Crippen LogP contribution >= 0.6 is 11.3 Å². The van der Waals surface area contributed by atoms with Crippen LogP contribution in [-0.4, -0.2) is 39.7 Å². The van der Waals surface area contributed by atoms with Crippen molar-refractivity contribution >= 4 is 11.3 Å². The molecule has 3 aromatic rings. The lowest BCUT2D eigenvalue weighted by Crippen LogP contribution is -2.35. The van der Waals surface area contributed by atoms with E-state index in [-0.39, 0.29) is 5.92 Å². The molecule has 1 atom stereocenters. The van der Waals surface area contributed by atoms with Gasteiger partial charge in [0.15, 0.2) is 0 Å². The van der Waals surface area contributed by atoms with Gasteiger partial charge in [0.2, 0.25) is 0 Å². The fraction of sp³-hybridized carbons (Fsp3) is 0.368. The van der Waals surface area contributed by atoms with E-state index < -0.39 is 0 Å². The quantitative estimate of drug-likeness (QED) is 0.682. The van der Waals surface area contributed by atoms with Crippen molar-refractivity contribution in [2.75, 3.05) is 20.3 Å². The highest BCUT2D eigenvalue weighted by Gasteiger charge is 2.29. The molecule has 5 nitrogen and oxygen atoms in total. The third kappa shape index (κ3) is 3.51. The molecule has 0 bridgehead atoms. The van der Waals surface area contributed by atoms with Crippen LogP contribution in [0.15, 0.2) is 48.2 Å². The van der Waals surface area contributed by atoms with Gasteiger partial charge in [0, 0.05) is 50.7 Å². The summed E-state index contributed by atoms with van der Waals surface area (Å²) >= 11 is 1.72. The first-order valence-corrected chi connectivity index (χ1v) is 9.41. The van der Waals surface area contributed by atoms with E-state index in [1.807, 2.05) is 17.8 Å². The second-order valence-corrected chi connectivity index (χ2v) is 7.30. The topological polar surface area (TPSA) is 43.2 Å². The molecule has 4 rings (SSSR count). The molecule has 0 saturated heterocycles. The summed E-state index contributed by atoms with van der Waals surface area (Å²) in [6.07, 6.45) is 5.83. The normalized spacial score (nSPS) is 17.6. The number of methoxy groups -OCH3 is 1. The van der Waals surface area contributed by atoms with Crippen molar-refractivity contribution in [1.29, 1.82) is 0 Å². The van der Waals surface area contributed by atoms with E-state index in [4.69, 9.17) is 9.72 Å². The van der Waals surface area contributed by atoms with Crippen LogP contribution < -0.4 is 0 Å². The second-order valence-electron chi connectivity index (χ2n) is 6.32. The van der Waals surface area contributed by atoms with Crippen LogP contribution in [0.5, 0.6) is 0 Å². The lowest BCUT2D eigenvalue weighted by molar-refractivity contribution is 0.184. The Bertz CT molecular complexity index is 814. The van der Waals surface area contributed by atoms with Crippen LogP contribution in [0.4, 0.5) is 0 Å². The summed E-state index contributed by atoms with van der Waals surface area (Å²) < 4.78 is 7.47. The van der Waals surface area contributed by atoms with Gasteiger partial charge in [-0.3, -0.25) is 4.90 Å². The van der Waals surface area contributed by atoms with Crippen molar-refractivity contribution in [2.45, 2.75) is 25.6 Å². The molecule has 1 aliphatic heterocycles. The van der Waals surface area contributed by atoms with Gasteiger partial charge in [-0.15, -0.1) is 11.3 Å². The number of fused-ring (bicyclic) bond motifs is 1. The molecule has 130 valence electrons. The molecule has 0 radical (unpaired) electrons. The Kier molecular flexibility index (Phi) is 4.92. The van der Waals surface area contributed by atoms with Crippen LogP contribution in [0, 0.1) is 0 Å². The largest absolute Gasteiger partial charge is 0.383 e. The monoisotopic (exact) mass is 354 g/mol. The second kappa shape index (κ2) is 7.47. The molecule has 25 heavy (non-hydrogen) atoms. The van der Waals surface area contributed by atoms with E-state index in [0.29, 0.717) is 6.61 Å². The number of thiazole rings is 1. The van der Waals surface area contributed by atoms with Crippen LogP contribution in [-0.2, 0) is 24.4 Å². The molecule has 1 unspecified atom stereocenters. The van der Waals surface area contributed by atoms with E-state index in [0.717, 1.165) is 32.0 Å². The first-order chi connectivity index (χ1) is 12.3. The van der Waals surface area contributed by atoms with Gasteiger partial charge >= 0.3 is 0 Å². The molecule has 1 aromatic carbocycles. The van der Waals surface area contributed by atoms with Gasteiger partial charge in [-0.25, -0.2) is 9.97 Å². The van der Waals surface area contributed by atoms with Gasteiger partial charge < -0.3 is 9.30 Å². The maximum Gasteiger partial charge on any atom is 0.117 e. The van der Waals surface area contributed by atoms with Crippen LogP contribution in [0.3, 0.4) is 0 Å². The lowest BCUT2D eigenvalue weighted by atomic mass is 9.89. The maximum atomic E-state index is 5.25. The number of hydrogen-bond acceptors (Lipinski definition) is 5. The van der Waals surface area contributed by atoms with Gasteiger partial charge in [-0.1, -0.05) is 24.3 Å². The van der Waals surface area contributed by atoms with E-state index in [1.54, 1.807) is 18.4 Å². The average Bonchev–Trinajstić information content (AvgIpc) is 3.31. The molecule has 3 heterocycles. The highest BCUT2D eigenvalue weighted by Crippen LogP contribution is 2.33. The molecule has 0 saturated carbocycles. The summed E-state index contributed by atoms with van der Waals surface area (Å²) in [4.78, 5) is 11.6. The lowest BCUT2D eigenvalue weighted by Gasteiger charge is -2.34. The van der Waals surface area contributed by atoms with E-state index >= 15 is 0 Å². The van der Waals surface area contributed by atoms with Gasteiger partial charge in [0.1, 0.15) is 10.8 Å². The smallest absolute Gasteiger partial charge is 0.117 e. The minimum atomic E-state index is 0.275. The zero-order valence-corrected chi connectivity index (χ0v) is 15.2. The highest BCUT2D eigenvalue weighted by molar-refractivity contribution is 7.09. The Balaban J connectivity index is 1.64. The van der Waals surface area contributed by atoms with Crippen LogP contribution in [0.25, 0.3) is 0 Å². The van der Waals surface area contributed by atoms with Gasteiger partial charge in [-0.05, 0) is 11.1 Å². The molecular formula is C19H22N4OS. The summed E-state index contributed by atoms with van der Waals surface area (Å²) in [6, 6.07) is 8.74. The Labute approximate surface area is 151 Å². The molecule has 0 amide bonds. The third-order valence-electron chi connectivity index (χ3n) is 4.70. The van der Waals surface area contributed by atoms with Gasteiger partial charge in [0.25, 0.3) is 0 Å². The number of hydrogen-bond donors (Lipinski definition) is 0. The molecule has 0 N–H and O–H groups in total. The SMILES string of the molecule is COCCn1ccnc1C1CN(Cc2nccs2)Cc2ccccc21. The summed E-state index contributed by atoms with van der Waals surface area (Å²) in [5.74, 6) is 1.39. The Morgan fingerprint density at radius 3 is 3.00 bits per heavy atom. The van der Waals surface area contributed by atoms with Gasteiger partial charge in [-0.2, -0.15) is 0 Å². The van der Waals surface area contributed by atoms with Crippen LogP contribution in [0.2, 0.25) is 0 Å². The number of imidazole rings is 1. The molecule has 1 aliphatic rings. The highest BCUT2D eigenvalue weighted by atomic mass is 32.1. The van der Waals surface area contributed by atoms with Crippen molar-refractivity contribution in [3.05, 3.63) is 70.2 Å². The molecule has 2 aromatic heterocycles. The minimum absolute atomic E-state index is 0.275. The van der Waals surface area contributed by atoms with Gasteiger partial charge in [0.05, 0.1) is 19.1 Å². The zero-order valence-electron chi connectivity index (χ0n) is 14.3. The number of aromatic nitrogens is 3. The number of benzene rings is 1. The first-order valence-electron chi connectivity index (χ1n) is 8.53. The fourth-order valence-electron chi connectivity index (χ4n) is 3.55. The molecule has 6 heteroatoms. The molecule has 0 fully saturated rings. The third-order valence-corrected chi connectivity index (χ3v) is 5.47. The predicted octanol–water partition coefficient (Wildman–Crippen LogP) is 3.13. The van der Waals surface area contributed by atoms with Crippen molar-refractivity contribution in [2.24, 2.45) is 0 Å². The summed E-state index contributed by atoms with van der Waals surface area (Å²) in [5.41, 5.74) is 2.78. The molecule has 0 aliphatic carbocycles. The number of ether oxygens (including phenoxy) is 1. The molecular weight excluding hydrogens is 332 g/mol. The Morgan fingerprint density at radius 1 is 1.24 bits per heavy atom. The van der Waals surface area contributed by atoms with Crippen molar-refractivity contribution < 1.29 is 4.74 Å². The Morgan fingerprint density at radius 2 is 2.16 bits per heavy atom. The van der Waals surface area contributed by atoms with E-state index in [2.05, 4.69) is 44.9 Å². The van der Waals surface area contributed by atoms with Crippen molar-refractivity contribution in [3.8, 4) is 0 Å². The summed E-state index contributed by atoms with van der Waals surface area (Å²) in [6.45, 7) is 4.34. The first kappa shape index (κ1) is 16.4. The average molecular weight is 354 g/mol. The number of nitrogens with zero attached hydrogens (tertiary/aromatic N) is 4. The van der Waals surface area contributed by atoms with E-state index in [9.17, 15) is 0 Å². The summed E-state index contributed by atoms with van der Waals surface area (Å²) in [7, 11) is 1.74. The predicted molar refractivity (Wildman–Crippen MR) is 98.6 cm³/mol. The van der Waals surface area contributed by atoms with Crippen LogP contribution in [0.1, 0.15) is 27.9 Å². The Hall–Kier alpha value is -2.02. The fourth-order valence-corrected chi connectivity index (χ4v) is 4.21. The van der Waals surface area contributed by atoms with E-state index in [1.165, 1.54) is 16.1 Å². The zero-order chi connectivity index (χ0) is 17.1.